The van der Waals surface area contributed by atoms with Crippen molar-refractivity contribution in [1.29, 1.82) is 0 Å². The normalized spacial score (nSPS) is 12.4. The molecule has 0 bridgehead atoms. The highest BCUT2D eigenvalue weighted by Gasteiger charge is 2.09. The second kappa shape index (κ2) is 10.6. The highest BCUT2D eigenvalue weighted by atomic mass is 19.1. The summed E-state index contributed by atoms with van der Waals surface area (Å²) in [7, 11) is 1.83. The molecule has 0 fully saturated rings. The first kappa shape index (κ1) is 18.0. The first-order valence-electron chi connectivity index (χ1n) is 8.28. The Morgan fingerprint density at radius 1 is 1.10 bits per heavy atom. The molecule has 1 N–H and O–H groups in total. The zero-order valence-corrected chi connectivity index (χ0v) is 13.8. The molecule has 0 aromatic heterocycles. The fourth-order valence-electron chi connectivity index (χ4n) is 2.35. The van der Waals surface area contributed by atoms with E-state index in [1.54, 1.807) is 6.07 Å². The molecular formula is C18H30FNO. The van der Waals surface area contributed by atoms with Crippen LogP contribution in [0.5, 0.6) is 5.75 Å². The summed E-state index contributed by atoms with van der Waals surface area (Å²) in [5.41, 5.74) is 0.681. The average molecular weight is 295 g/mol. The maximum absolute atomic E-state index is 13.9. The maximum atomic E-state index is 13.9. The highest BCUT2D eigenvalue weighted by Crippen LogP contribution is 2.22. The van der Waals surface area contributed by atoms with Crippen molar-refractivity contribution < 1.29 is 9.13 Å². The van der Waals surface area contributed by atoms with Gasteiger partial charge in [-0.2, -0.15) is 0 Å². The van der Waals surface area contributed by atoms with Gasteiger partial charge in [-0.1, -0.05) is 51.5 Å². The third-order valence-corrected chi connectivity index (χ3v) is 3.89. The minimum absolute atomic E-state index is 0.0159. The molecule has 0 aliphatic rings. The molecule has 1 aromatic carbocycles. The maximum Gasteiger partial charge on any atom is 0.131 e. The molecule has 0 heterocycles. The number of nitrogens with one attached hydrogen (secondary N) is 1. The van der Waals surface area contributed by atoms with Crippen LogP contribution in [0.2, 0.25) is 0 Å². The van der Waals surface area contributed by atoms with Gasteiger partial charge in [0, 0.05) is 17.7 Å². The van der Waals surface area contributed by atoms with E-state index in [-0.39, 0.29) is 11.9 Å². The molecule has 0 spiro atoms. The molecular weight excluding hydrogens is 265 g/mol. The van der Waals surface area contributed by atoms with Crippen LogP contribution in [0.1, 0.15) is 70.4 Å². The summed E-state index contributed by atoms with van der Waals surface area (Å²) in [6, 6.07) is 5.16. The van der Waals surface area contributed by atoms with Crippen molar-refractivity contribution in [3.05, 3.63) is 29.6 Å². The number of ether oxygens (including phenoxy) is 1. The van der Waals surface area contributed by atoms with Gasteiger partial charge in [0.25, 0.3) is 0 Å². The summed E-state index contributed by atoms with van der Waals surface area (Å²) in [5, 5.41) is 3.04. The molecule has 0 aliphatic carbocycles. The van der Waals surface area contributed by atoms with Gasteiger partial charge in [-0.05, 0) is 26.5 Å². The van der Waals surface area contributed by atoms with E-state index in [0.29, 0.717) is 17.9 Å². The van der Waals surface area contributed by atoms with Crippen LogP contribution < -0.4 is 10.1 Å². The number of rotatable bonds is 11. The quantitative estimate of drug-likeness (QED) is 0.564. The Morgan fingerprint density at radius 3 is 2.38 bits per heavy atom. The standard InChI is InChI=1S/C18H30FNO/c1-4-5-6-7-8-9-10-13-21-16-11-12-17(15(2)20-3)18(19)14-16/h11-12,14-15,20H,4-10,13H2,1-3H3. The molecule has 0 aliphatic heterocycles. The van der Waals surface area contributed by atoms with Gasteiger partial charge in [0.1, 0.15) is 11.6 Å². The van der Waals surface area contributed by atoms with Gasteiger partial charge in [0.15, 0.2) is 0 Å². The van der Waals surface area contributed by atoms with E-state index in [0.717, 1.165) is 6.42 Å². The summed E-state index contributed by atoms with van der Waals surface area (Å²) >= 11 is 0. The smallest absolute Gasteiger partial charge is 0.131 e. The van der Waals surface area contributed by atoms with Crippen LogP contribution >= 0.6 is 0 Å². The molecule has 0 radical (unpaired) electrons. The fraction of sp³-hybridized carbons (Fsp3) is 0.667. The van der Waals surface area contributed by atoms with Crippen LogP contribution in [0.25, 0.3) is 0 Å². The molecule has 1 atom stereocenters. The molecule has 0 saturated carbocycles. The lowest BCUT2D eigenvalue weighted by Gasteiger charge is -2.13. The van der Waals surface area contributed by atoms with E-state index in [2.05, 4.69) is 12.2 Å². The second-order valence-electron chi connectivity index (χ2n) is 5.66. The van der Waals surface area contributed by atoms with E-state index < -0.39 is 0 Å². The molecule has 0 saturated heterocycles. The Bertz CT molecular complexity index is 395. The molecule has 120 valence electrons. The van der Waals surface area contributed by atoms with Crippen molar-refractivity contribution in [2.75, 3.05) is 13.7 Å². The average Bonchev–Trinajstić information content (AvgIpc) is 2.49. The first-order chi connectivity index (χ1) is 10.2. The van der Waals surface area contributed by atoms with Crippen LogP contribution in [0.3, 0.4) is 0 Å². The summed E-state index contributed by atoms with van der Waals surface area (Å²) < 4.78 is 19.5. The van der Waals surface area contributed by atoms with Gasteiger partial charge < -0.3 is 10.1 Å². The van der Waals surface area contributed by atoms with Gasteiger partial charge in [-0.15, -0.1) is 0 Å². The Hall–Kier alpha value is -1.09. The monoisotopic (exact) mass is 295 g/mol. The molecule has 1 aromatic rings. The van der Waals surface area contributed by atoms with Gasteiger partial charge in [-0.3, -0.25) is 0 Å². The van der Waals surface area contributed by atoms with Crippen molar-refractivity contribution in [2.45, 2.75) is 64.8 Å². The Kier molecular flexibility index (Phi) is 9.07. The van der Waals surface area contributed by atoms with Crippen molar-refractivity contribution in [1.82, 2.24) is 5.32 Å². The molecule has 0 amide bonds. The van der Waals surface area contributed by atoms with Gasteiger partial charge in [0.2, 0.25) is 0 Å². The number of halogens is 1. The Labute approximate surface area is 129 Å². The number of hydrogen-bond acceptors (Lipinski definition) is 2. The van der Waals surface area contributed by atoms with Crippen molar-refractivity contribution >= 4 is 0 Å². The van der Waals surface area contributed by atoms with Crippen molar-refractivity contribution in [3.63, 3.8) is 0 Å². The van der Waals surface area contributed by atoms with Crippen LogP contribution in [0.15, 0.2) is 18.2 Å². The molecule has 3 heteroatoms. The van der Waals surface area contributed by atoms with E-state index in [9.17, 15) is 4.39 Å². The van der Waals surface area contributed by atoms with Gasteiger partial charge >= 0.3 is 0 Å². The molecule has 21 heavy (non-hydrogen) atoms. The molecule has 1 rings (SSSR count). The van der Waals surface area contributed by atoms with Crippen molar-refractivity contribution in [2.24, 2.45) is 0 Å². The van der Waals surface area contributed by atoms with E-state index >= 15 is 0 Å². The lowest BCUT2D eigenvalue weighted by Crippen LogP contribution is -2.13. The van der Waals surface area contributed by atoms with E-state index in [1.807, 2.05) is 20.0 Å². The number of unbranched alkanes of at least 4 members (excludes halogenated alkanes) is 6. The largest absolute Gasteiger partial charge is 0.493 e. The predicted octanol–water partition coefficient (Wildman–Crippen LogP) is 5.24. The summed E-state index contributed by atoms with van der Waals surface area (Å²) in [5.74, 6) is 0.430. The highest BCUT2D eigenvalue weighted by molar-refractivity contribution is 5.30. The summed E-state index contributed by atoms with van der Waals surface area (Å²) in [4.78, 5) is 0. The predicted molar refractivity (Wildman–Crippen MR) is 87.4 cm³/mol. The van der Waals surface area contributed by atoms with Gasteiger partial charge in [-0.25, -0.2) is 4.39 Å². The van der Waals surface area contributed by atoms with Gasteiger partial charge in [0.05, 0.1) is 6.61 Å². The second-order valence-corrected chi connectivity index (χ2v) is 5.66. The van der Waals surface area contributed by atoms with Crippen molar-refractivity contribution in [3.8, 4) is 5.75 Å². The van der Waals surface area contributed by atoms with Crippen LogP contribution in [0, 0.1) is 5.82 Å². The minimum atomic E-state index is -0.200. The zero-order chi connectivity index (χ0) is 15.5. The Morgan fingerprint density at radius 2 is 1.76 bits per heavy atom. The van der Waals surface area contributed by atoms with Crippen LogP contribution in [0.4, 0.5) is 4.39 Å². The summed E-state index contributed by atoms with van der Waals surface area (Å²) in [6.45, 7) is 4.85. The molecule has 1 unspecified atom stereocenters. The van der Waals surface area contributed by atoms with E-state index in [4.69, 9.17) is 4.74 Å². The number of benzene rings is 1. The van der Waals surface area contributed by atoms with E-state index in [1.165, 1.54) is 44.6 Å². The molecule has 2 nitrogen and oxygen atoms in total. The topological polar surface area (TPSA) is 21.3 Å². The number of hydrogen-bond donors (Lipinski definition) is 1. The van der Waals surface area contributed by atoms with Crippen LogP contribution in [-0.2, 0) is 0 Å². The third kappa shape index (κ3) is 6.94. The SMILES string of the molecule is CCCCCCCCCOc1ccc(C(C)NC)c(F)c1. The van der Waals surface area contributed by atoms with Crippen LogP contribution in [-0.4, -0.2) is 13.7 Å². The Balaban J connectivity index is 2.22. The first-order valence-corrected chi connectivity index (χ1v) is 8.28. The minimum Gasteiger partial charge on any atom is -0.493 e. The fourth-order valence-corrected chi connectivity index (χ4v) is 2.35. The zero-order valence-electron chi connectivity index (χ0n) is 13.8. The third-order valence-electron chi connectivity index (χ3n) is 3.89. The lowest BCUT2D eigenvalue weighted by molar-refractivity contribution is 0.302. The lowest BCUT2D eigenvalue weighted by atomic mass is 10.1. The summed E-state index contributed by atoms with van der Waals surface area (Å²) in [6.07, 6.45) is 8.80.